The van der Waals surface area contributed by atoms with Crippen LogP contribution in [0.5, 0.6) is 5.75 Å². The van der Waals surface area contributed by atoms with E-state index in [1.54, 1.807) is 0 Å². The first-order chi connectivity index (χ1) is 8.11. The van der Waals surface area contributed by atoms with Gasteiger partial charge in [-0.25, -0.2) is 9.18 Å². The Morgan fingerprint density at radius 2 is 2.24 bits per heavy atom. The number of rotatable bonds is 3. The van der Waals surface area contributed by atoms with E-state index in [1.165, 1.54) is 31.4 Å². The lowest BCUT2D eigenvalue weighted by atomic mass is 10.1. The lowest BCUT2D eigenvalue weighted by Gasteiger charge is -2.04. The first-order valence-electron chi connectivity index (χ1n) is 4.65. The summed E-state index contributed by atoms with van der Waals surface area (Å²) in [6.45, 7) is 0. The SMILES string of the molecule is COc1ccc(F)cc1-c1cc(C(=O)O)on1. The maximum atomic E-state index is 13.1. The highest BCUT2D eigenvalue weighted by molar-refractivity contribution is 5.86. The molecule has 1 N–H and O–H groups in total. The summed E-state index contributed by atoms with van der Waals surface area (Å²) in [4.78, 5) is 10.6. The molecule has 0 aliphatic heterocycles. The Labute approximate surface area is 95.4 Å². The lowest BCUT2D eigenvalue weighted by molar-refractivity contribution is 0.0652. The quantitative estimate of drug-likeness (QED) is 0.885. The standard InChI is InChI=1S/C11H8FNO4/c1-16-9-3-2-6(12)4-7(9)8-5-10(11(14)15)17-13-8/h2-5H,1H3,(H,14,15). The smallest absolute Gasteiger partial charge is 0.374 e. The minimum Gasteiger partial charge on any atom is -0.496 e. The number of ether oxygens (including phenoxy) is 1. The predicted molar refractivity (Wildman–Crippen MR) is 55.4 cm³/mol. The summed E-state index contributed by atoms with van der Waals surface area (Å²) in [6.07, 6.45) is 0. The summed E-state index contributed by atoms with van der Waals surface area (Å²) in [6, 6.07) is 5.07. The van der Waals surface area contributed by atoms with Crippen molar-refractivity contribution in [1.29, 1.82) is 0 Å². The third kappa shape index (κ3) is 2.10. The van der Waals surface area contributed by atoms with E-state index in [0.717, 1.165) is 0 Å². The highest BCUT2D eigenvalue weighted by atomic mass is 19.1. The van der Waals surface area contributed by atoms with Crippen molar-refractivity contribution in [2.24, 2.45) is 0 Å². The number of hydrogen-bond donors (Lipinski definition) is 1. The van der Waals surface area contributed by atoms with Crippen molar-refractivity contribution in [1.82, 2.24) is 5.16 Å². The third-order valence-corrected chi connectivity index (χ3v) is 2.16. The van der Waals surface area contributed by atoms with Crippen molar-refractivity contribution in [3.8, 4) is 17.0 Å². The molecule has 0 fully saturated rings. The molecule has 2 aromatic rings. The fourth-order valence-electron chi connectivity index (χ4n) is 1.38. The number of hydrogen-bond acceptors (Lipinski definition) is 4. The van der Waals surface area contributed by atoms with Crippen LogP contribution in [0, 0.1) is 5.82 Å². The Morgan fingerprint density at radius 1 is 1.47 bits per heavy atom. The molecule has 2 rings (SSSR count). The fourth-order valence-corrected chi connectivity index (χ4v) is 1.38. The van der Waals surface area contributed by atoms with E-state index in [2.05, 4.69) is 9.68 Å². The van der Waals surface area contributed by atoms with E-state index in [4.69, 9.17) is 9.84 Å². The van der Waals surface area contributed by atoms with Gasteiger partial charge in [0.1, 0.15) is 17.3 Å². The molecular weight excluding hydrogens is 229 g/mol. The van der Waals surface area contributed by atoms with E-state index in [9.17, 15) is 9.18 Å². The zero-order chi connectivity index (χ0) is 12.4. The van der Waals surface area contributed by atoms with Crippen LogP contribution in [0.1, 0.15) is 10.6 Å². The second-order valence-electron chi connectivity index (χ2n) is 3.23. The van der Waals surface area contributed by atoms with E-state index >= 15 is 0 Å². The molecule has 0 radical (unpaired) electrons. The second-order valence-corrected chi connectivity index (χ2v) is 3.23. The van der Waals surface area contributed by atoms with Crippen molar-refractivity contribution in [2.45, 2.75) is 0 Å². The lowest BCUT2D eigenvalue weighted by Crippen LogP contribution is -1.92. The Hall–Kier alpha value is -2.37. The van der Waals surface area contributed by atoms with Gasteiger partial charge in [-0.3, -0.25) is 0 Å². The number of methoxy groups -OCH3 is 1. The van der Waals surface area contributed by atoms with Crippen molar-refractivity contribution >= 4 is 5.97 Å². The van der Waals surface area contributed by atoms with Crippen LogP contribution in [-0.2, 0) is 0 Å². The van der Waals surface area contributed by atoms with Gasteiger partial charge in [-0.1, -0.05) is 5.16 Å². The minimum atomic E-state index is -1.24. The average molecular weight is 237 g/mol. The molecule has 6 heteroatoms. The molecule has 0 aliphatic rings. The fraction of sp³-hybridized carbons (Fsp3) is 0.0909. The first-order valence-corrected chi connectivity index (χ1v) is 4.65. The molecule has 88 valence electrons. The zero-order valence-electron chi connectivity index (χ0n) is 8.81. The first kappa shape index (κ1) is 11.1. The van der Waals surface area contributed by atoms with E-state index < -0.39 is 11.8 Å². The summed E-state index contributed by atoms with van der Waals surface area (Å²) in [5, 5.41) is 12.2. The Morgan fingerprint density at radius 3 is 2.82 bits per heavy atom. The number of aromatic carboxylic acids is 1. The summed E-state index contributed by atoms with van der Waals surface area (Å²) in [5.41, 5.74) is 0.544. The molecule has 0 aliphatic carbocycles. The summed E-state index contributed by atoms with van der Waals surface area (Å²) in [7, 11) is 1.43. The number of benzene rings is 1. The Bertz CT molecular complexity index is 564. The van der Waals surface area contributed by atoms with Gasteiger partial charge in [-0.05, 0) is 18.2 Å². The van der Waals surface area contributed by atoms with Gasteiger partial charge in [0.2, 0.25) is 5.76 Å². The van der Waals surface area contributed by atoms with E-state index in [-0.39, 0.29) is 11.5 Å². The van der Waals surface area contributed by atoms with Crippen LogP contribution in [-0.4, -0.2) is 23.3 Å². The molecule has 1 aromatic carbocycles. The van der Waals surface area contributed by atoms with Crippen LogP contribution in [0.4, 0.5) is 4.39 Å². The molecule has 0 unspecified atom stereocenters. The van der Waals surface area contributed by atoms with Gasteiger partial charge in [0, 0.05) is 11.6 Å². The molecule has 0 atom stereocenters. The molecule has 1 aromatic heterocycles. The number of carboxylic acids is 1. The zero-order valence-corrected chi connectivity index (χ0v) is 8.81. The van der Waals surface area contributed by atoms with Crippen LogP contribution in [0.3, 0.4) is 0 Å². The molecule has 0 bridgehead atoms. The van der Waals surface area contributed by atoms with Crippen molar-refractivity contribution < 1.29 is 23.6 Å². The third-order valence-electron chi connectivity index (χ3n) is 2.16. The average Bonchev–Trinajstić information content (AvgIpc) is 2.78. The van der Waals surface area contributed by atoms with E-state index in [0.29, 0.717) is 11.3 Å². The van der Waals surface area contributed by atoms with Crippen LogP contribution in [0.25, 0.3) is 11.3 Å². The number of nitrogens with zero attached hydrogens (tertiary/aromatic N) is 1. The van der Waals surface area contributed by atoms with Gasteiger partial charge in [0.15, 0.2) is 0 Å². The molecule has 0 spiro atoms. The van der Waals surface area contributed by atoms with Crippen LogP contribution >= 0.6 is 0 Å². The normalized spacial score (nSPS) is 10.2. The number of aromatic nitrogens is 1. The summed E-state index contributed by atoms with van der Waals surface area (Å²) < 4.78 is 22.7. The molecule has 0 amide bonds. The molecular formula is C11H8FNO4. The monoisotopic (exact) mass is 237 g/mol. The molecule has 0 saturated carbocycles. The van der Waals surface area contributed by atoms with E-state index in [1.807, 2.05) is 0 Å². The molecule has 17 heavy (non-hydrogen) atoms. The number of carbonyl (C=O) groups is 1. The highest BCUT2D eigenvalue weighted by Crippen LogP contribution is 2.30. The maximum absolute atomic E-state index is 13.1. The van der Waals surface area contributed by atoms with Gasteiger partial charge >= 0.3 is 5.97 Å². The number of carboxylic acid groups (broad SMARTS) is 1. The summed E-state index contributed by atoms with van der Waals surface area (Å²) in [5.74, 6) is -1.64. The molecule has 5 nitrogen and oxygen atoms in total. The van der Waals surface area contributed by atoms with Crippen LogP contribution in [0.15, 0.2) is 28.8 Å². The van der Waals surface area contributed by atoms with Crippen molar-refractivity contribution in [3.63, 3.8) is 0 Å². The molecule has 1 heterocycles. The Kier molecular flexibility index (Phi) is 2.78. The van der Waals surface area contributed by atoms with Crippen molar-refractivity contribution in [3.05, 3.63) is 35.8 Å². The van der Waals surface area contributed by atoms with Crippen LogP contribution in [0.2, 0.25) is 0 Å². The van der Waals surface area contributed by atoms with Gasteiger partial charge in [-0.2, -0.15) is 0 Å². The van der Waals surface area contributed by atoms with Gasteiger partial charge in [0.05, 0.1) is 7.11 Å². The second kappa shape index (κ2) is 4.25. The molecule has 0 saturated heterocycles. The van der Waals surface area contributed by atoms with Gasteiger partial charge in [-0.15, -0.1) is 0 Å². The predicted octanol–water partition coefficient (Wildman–Crippen LogP) is 2.19. The topological polar surface area (TPSA) is 72.6 Å². The van der Waals surface area contributed by atoms with Crippen LogP contribution < -0.4 is 4.74 Å². The van der Waals surface area contributed by atoms with Crippen molar-refractivity contribution in [2.75, 3.05) is 7.11 Å². The number of halogens is 1. The summed E-state index contributed by atoms with van der Waals surface area (Å²) >= 11 is 0. The Balaban J connectivity index is 2.51. The maximum Gasteiger partial charge on any atom is 0.374 e. The highest BCUT2D eigenvalue weighted by Gasteiger charge is 2.15. The van der Waals surface area contributed by atoms with Gasteiger partial charge < -0.3 is 14.4 Å². The van der Waals surface area contributed by atoms with Gasteiger partial charge in [0.25, 0.3) is 0 Å². The largest absolute Gasteiger partial charge is 0.496 e. The minimum absolute atomic E-state index is 0.207.